The Labute approximate surface area is 114 Å². The molecule has 1 atom stereocenters. The molecule has 0 aliphatic rings. The molecule has 0 fully saturated rings. The number of carboxylic acids is 1. The van der Waals surface area contributed by atoms with E-state index < -0.39 is 18.0 Å². The van der Waals surface area contributed by atoms with Crippen molar-refractivity contribution in [2.45, 2.75) is 6.10 Å². The molecule has 0 bridgehead atoms. The molecule has 17 heavy (non-hydrogen) atoms. The molecule has 0 aliphatic heterocycles. The van der Waals surface area contributed by atoms with Crippen LogP contribution in [0.25, 0.3) is 0 Å². The van der Waals surface area contributed by atoms with E-state index in [1.807, 2.05) is 0 Å². The highest BCUT2D eigenvalue weighted by molar-refractivity contribution is 9.11. The maximum Gasteiger partial charge on any atom is 0.334 e. The minimum atomic E-state index is -1.60. The highest BCUT2D eigenvalue weighted by Crippen LogP contribution is 2.19. The van der Waals surface area contributed by atoms with Gasteiger partial charge in [0.05, 0.1) is 6.54 Å². The second-order valence-corrected chi connectivity index (χ2v) is 5.05. The summed E-state index contributed by atoms with van der Waals surface area (Å²) in [5, 5.41) is 19.8. The summed E-state index contributed by atoms with van der Waals surface area (Å²) in [6.45, 7) is -0.335. The lowest BCUT2D eigenvalue weighted by molar-refractivity contribution is -0.146. The molecule has 0 spiro atoms. The number of nitrogens with one attached hydrogen (secondary N) is 1. The molecule has 0 heterocycles. The van der Waals surface area contributed by atoms with Gasteiger partial charge in [-0.25, -0.2) is 4.79 Å². The summed E-state index contributed by atoms with van der Waals surface area (Å²) in [4.78, 5) is 22.0. The number of aliphatic hydroxyl groups excluding tert-OH is 1. The van der Waals surface area contributed by atoms with Crippen molar-refractivity contribution >= 4 is 43.7 Å². The van der Waals surface area contributed by atoms with Crippen LogP contribution in [0.2, 0.25) is 0 Å². The van der Waals surface area contributed by atoms with Gasteiger partial charge in [-0.2, -0.15) is 0 Å². The molecule has 0 radical (unpaired) electrons. The molecule has 1 aromatic carbocycles. The van der Waals surface area contributed by atoms with Gasteiger partial charge in [0.25, 0.3) is 5.91 Å². The first-order valence-electron chi connectivity index (χ1n) is 4.55. The summed E-state index contributed by atoms with van der Waals surface area (Å²) in [6.07, 6.45) is -1.60. The van der Waals surface area contributed by atoms with E-state index in [-0.39, 0.29) is 6.54 Å². The fraction of sp³-hybridized carbons (Fsp3) is 0.200. The van der Waals surface area contributed by atoms with E-state index >= 15 is 0 Å². The first-order valence-corrected chi connectivity index (χ1v) is 6.14. The van der Waals surface area contributed by atoms with Crippen molar-refractivity contribution in [3.8, 4) is 0 Å². The zero-order valence-electron chi connectivity index (χ0n) is 8.48. The van der Waals surface area contributed by atoms with Gasteiger partial charge in [0, 0.05) is 14.5 Å². The number of carboxylic acid groups (broad SMARTS) is 1. The van der Waals surface area contributed by atoms with Gasteiger partial charge in [0.1, 0.15) is 0 Å². The lowest BCUT2D eigenvalue weighted by Crippen LogP contribution is -2.36. The van der Waals surface area contributed by atoms with E-state index in [0.29, 0.717) is 5.56 Å². The van der Waals surface area contributed by atoms with Crippen LogP contribution < -0.4 is 5.32 Å². The first kappa shape index (κ1) is 14.1. The van der Waals surface area contributed by atoms with Crippen molar-refractivity contribution in [3.05, 3.63) is 32.7 Å². The topological polar surface area (TPSA) is 86.6 Å². The number of aliphatic hydroxyl groups is 1. The van der Waals surface area contributed by atoms with Crippen molar-refractivity contribution in [3.63, 3.8) is 0 Å². The molecule has 1 rings (SSSR count). The van der Waals surface area contributed by atoms with Gasteiger partial charge < -0.3 is 15.5 Å². The van der Waals surface area contributed by atoms with Crippen molar-refractivity contribution in [1.82, 2.24) is 5.32 Å². The van der Waals surface area contributed by atoms with Gasteiger partial charge >= 0.3 is 5.97 Å². The molecular formula is C10H9Br2NO4. The summed E-state index contributed by atoms with van der Waals surface area (Å²) in [5.41, 5.74) is 0.365. The Kier molecular flexibility index (Phi) is 5.10. The Morgan fingerprint density at radius 3 is 2.24 bits per heavy atom. The lowest BCUT2D eigenvalue weighted by Gasteiger charge is -2.08. The van der Waals surface area contributed by atoms with Gasteiger partial charge in [-0.1, -0.05) is 31.9 Å². The monoisotopic (exact) mass is 365 g/mol. The number of rotatable bonds is 4. The molecule has 0 saturated heterocycles. The highest BCUT2D eigenvalue weighted by atomic mass is 79.9. The van der Waals surface area contributed by atoms with Gasteiger partial charge in [-0.05, 0) is 18.2 Å². The average molecular weight is 367 g/mol. The number of carbonyl (C=O) groups is 2. The van der Waals surface area contributed by atoms with E-state index in [1.54, 1.807) is 18.2 Å². The molecule has 5 nitrogen and oxygen atoms in total. The Morgan fingerprint density at radius 2 is 1.76 bits per heavy atom. The summed E-state index contributed by atoms with van der Waals surface area (Å²) in [7, 11) is 0. The summed E-state index contributed by atoms with van der Waals surface area (Å²) in [6, 6.07) is 4.95. The molecule has 0 unspecified atom stereocenters. The highest BCUT2D eigenvalue weighted by Gasteiger charge is 2.15. The predicted octanol–water partition coefficient (Wildman–Crippen LogP) is 1.39. The third-order valence-corrected chi connectivity index (χ3v) is 2.78. The van der Waals surface area contributed by atoms with Crippen molar-refractivity contribution in [1.29, 1.82) is 0 Å². The maximum atomic E-state index is 11.6. The van der Waals surface area contributed by atoms with E-state index in [2.05, 4.69) is 37.2 Å². The van der Waals surface area contributed by atoms with Crippen molar-refractivity contribution < 1.29 is 19.8 Å². The Hall–Kier alpha value is -0.920. The van der Waals surface area contributed by atoms with E-state index in [9.17, 15) is 9.59 Å². The molecule has 0 aliphatic carbocycles. The Bertz CT molecular complexity index is 430. The van der Waals surface area contributed by atoms with Gasteiger partial charge in [-0.3, -0.25) is 4.79 Å². The first-order chi connectivity index (χ1) is 7.90. The number of hydrogen-bond acceptors (Lipinski definition) is 3. The molecule has 92 valence electrons. The van der Waals surface area contributed by atoms with Crippen LogP contribution in [0.15, 0.2) is 27.1 Å². The number of amides is 1. The maximum absolute atomic E-state index is 11.6. The van der Waals surface area contributed by atoms with Crippen LogP contribution in [0.5, 0.6) is 0 Å². The molecule has 0 aromatic heterocycles. The normalized spacial score (nSPS) is 11.9. The van der Waals surface area contributed by atoms with Gasteiger partial charge in [0.15, 0.2) is 6.10 Å². The van der Waals surface area contributed by atoms with E-state index in [1.165, 1.54) is 0 Å². The third-order valence-electron chi connectivity index (χ3n) is 1.87. The van der Waals surface area contributed by atoms with Crippen LogP contribution in [-0.4, -0.2) is 34.7 Å². The van der Waals surface area contributed by atoms with E-state index in [0.717, 1.165) is 8.95 Å². The molecule has 7 heteroatoms. The fourth-order valence-corrected chi connectivity index (χ4v) is 2.36. The van der Waals surface area contributed by atoms with Crippen LogP contribution >= 0.6 is 31.9 Å². The average Bonchev–Trinajstić information content (AvgIpc) is 2.23. The van der Waals surface area contributed by atoms with Gasteiger partial charge in [-0.15, -0.1) is 0 Å². The number of carbonyl (C=O) groups excluding carboxylic acids is 1. The molecular weight excluding hydrogens is 358 g/mol. The van der Waals surface area contributed by atoms with Crippen LogP contribution in [0.3, 0.4) is 0 Å². The Balaban J connectivity index is 2.67. The Morgan fingerprint density at radius 1 is 1.24 bits per heavy atom. The van der Waals surface area contributed by atoms with Crippen LogP contribution in [0, 0.1) is 0 Å². The van der Waals surface area contributed by atoms with E-state index in [4.69, 9.17) is 10.2 Å². The lowest BCUT2D eigenvalue weighted by atomic mass is 10.2. The zero-order valence-corrected chi connectivity index (χ0v) is 11.7. The summed E-state index contributed by atoms with van der Waals surface area (Å²) in [5.74, 6) is -1.83. The number of halogens is 2. The fourth-order valence-electron chi connectivity index (χ4n) is 1.06. The summed E-state index contributed by atoms with van der Waals surface area (Å²) < 4.78 is 1.44. The quantitative estimate of drug-likeness (QED) is 0.751. The standard InChI is InChI=1S/C10H9Br2NO4/c11-6-1-5(2-7(12)3-6)9(15)13-4-8(14)10(16)17/h1-3,8,14H,4H2,(H,13,15)(H,16,17)/t8-/m0/s1. The molecule has 1 amide bonds. The largest absolute Gasteiger partial charge is 0.479 e. The second-order valence-electron chi connectivity index (χ2n) is 3.22. The van der Waals surface area contributed by atoms with Crippen LogP contribution in [0.1, 0.15) is 10.4 Å². The third kappa shape index (κ3) is 4.45. The SMILES string of the molecule is O=C(NC[C@H](O)C(=O)O)c1cc(Br)cc(Br)c1. The van der Waals surface area contributed by atoms with Crippen molar-refractivity contribution in [2.75, 3.05) is 6.54 Å². The number of benzene rings is 1. The molecule has 1 aromatic rings. The zero-order chi connectivity index (χ0) is 13.0. The smallest absolute Gasteiger partial charge is 0.334 e. The van der Waals surface area contributed by atoms with Crippen molar-refractivity contribution in [2.24, 2.45) is 0 Å². The van der Waals surface area contributed by atoms with Crippen LogP contribution in [-0.2, 0) is 4.79 Å². The minimum Gasteiger partial charge on any atom is -0.479 e. The van der Waals surface area contributed by atoms with Gasteiger partial charge in [0.2, 0.25) is 0 Å². The molecule has 0 saturated carbocycles. The predicted molar refractivity (Wildman–Crippen MR) is 67.8 cm³/mol. The number of hydrogen-bond donors (Lipinski definition) is 3. The minimum absolute atomic E-state index is 0.335. The van der Waals surface area contributed by atoms with Crippen LogP contribution in [0.4, 0.5) is 0 Å². The number of aliphatic carboxylic acids is 1. The second kappa shape index (κ2) is 6.13. The molecule has 3 N–H and O–H groups in total. The summed E-state index contributed by atoms with van der Waals surface area (Å²) >= 11 is 6.46.